The molecule has 0 spiro atoms. The predicted octanol–water partition coefficient (Wildman–Crippen LogP) is 1.53. The van der Waals surface area contributed by atoms with Crippen LogP contribution in [-0.4, -0.2) is 23.7 Å². The monoisotopic (exact) mass is 220 g/mol. The Morgan fingerprint density at radius 2 is 2.31 bits per heavy atom. The first-order valence-electron chi connectivity index (χ1n) is 5.61. The van der Waals surface area contributed by atoms with Crippen molar-refractivity contribution in [3.8, 4) is 0 Å². The van der Waals surface area contributed by atoms with Crippen molar-refractivity contribution in [1.29, 1.82) is 0 Å². The first kappa shape index (κ1) is 10.9. The van der Waals surface area contributed by atoms with Gasteiger partial charge in [-0.05, 0) is 24.8 Å². The highest BCUT2D eigenvalue weighted by Crippen LogP contribution is 2.26. The molecule has 0 saturated heterocycles. The number of aromatic amines is 1. The Hall–Kier alpha value is -1.58. The molecule has 86 valence electrons. The SMILES string of the molecule is CNC(=O)c1[nH]cc2c1CCCC(C)C2=O. The molecule has 2 rings (SSSR count). The quantitative estimate of drug-likeness (QED) is 0.705. The van der Waals surface area contributed by atoms with E-state index in [-0.39, 0.29) is 17.6 Å². The van der Waals surface area contributed by atoms with E-state index >= 15 is 0 Å². The summed E-state index contributed by atoms with van der Waals surface area (Å²) >= 11 is 0. The number of amides is 1. The highest BCUT2D eigenvalue weighted by atomic mass is 16.2. The second-order valence-electron chi connectivity index (χ2n) is 4.29. The maximum atomic E-state index is 12.0. The van der Waals surface area contributed by atoms with Crippen LogP contribution in [0.5, 0.6) is 0 Å². The number of hydrogen-bond acceptors (Lipinski definition) is 2. The second-order valence-corrected chi connectivity index (χ2v) is 4.29. The van der Waals surface area contributed by atoms with Crippen LogP contribution >= 0.6 is 0 Å². The van der Waals surface area contributed by atoms with Gasteiger partial charge in [-0.15, -0.1) is 0 Å². The first-order valence-corrected chi connectivity index (χ1v) is 5.61. The largest absolute Gasteiger partial charge is 0.356 e. The summed E-state index contributed by atoms with van der Waals surface area (Å²) in [6.07, 6.45) is 4.34. The molecule has 1 heterocycles. The van der Waals surface area contributed by atoms with Crippen molar-refractivity contribution in [3.63, 3.8) is 0 Å². The van der Waals surface area contributed by atoms with Gasteiger partial charge in [-0.1, -0.05) is 6.92 Å². The maximum absolute atomic E-state index is 12.0. The van der Waals surface area contributed by atoms with Gasteiger partial charge in [0.05, 0.1) is 0 Å². The second kappa shape index (κ2) is 4.12. The average molecular weight is 220 g/mol. The Labute approximate surface area is 94.4 Å². The number of carbonyl (C=O) groups excluding carboxylic acids is 2. The smallest absolute Gasteiger partial charge is 0.267 e. The molecular formula is C12H16N2O2. The van der Waals surface area contributed by atoms with Crippen molar-refractivity contribution in [2.24, 2.45) is 5.92 Å². The fourth-order valence-corrected chi connectivity index (χ4v) is 2.24. The maximum Gasteiger partial charge on any atom is 0.267 e. The number of nitrogens with one attached hydrogen (secondary N) is 2. The molecule has 1 atom stereocenters. The zero-order chi connectivity index (χ0) is 11.7. The molecule has 1 aromatic rings. The number of fused-ring (bicyclic) bond motifs is 1. The molecule has 1 aliphatic carbocycles. The van der Waals surface area contributed by atoms with Gasteiger partial charge in [-0.2, -0.15) is 0 Å². The van der Waals surface area contributed by atoms with E-state index in [2.05, 4.69) is 10.3 Å². The molecule has 0 radical (unpaired) electrons. The number of H-pyrrole nitrogens is 1. The Kier molecular flexibility index (Phi) is 2.81. The summed E-state index contributed by atoms with van der Waals surface area (Å²) in [4.78, 5) is 26.5. The van der Waals surface area contributed by atoms with Crippen LogP contribution in [0.4, 0.5) is 0 Å². The van der Waals surface area contributed by atoms with Crippen LogP contribution in [0.15, 0.2) is 6.20 Å². The number of Topliss-reactive ketones (excluding diaryl/α,β-unsaturated/α-hetero) is 1. The summed E-state index contributed by atoms with van der Waals surface area (Å²) in [5.74, 6) is 0.0668. The third-order valence-corrected chi connectivity index (χ3v) is 3.22. The Balaban J connectivity index is 2.45. The van der Waals surface area contributed by atoms with Crippen LogP contribution in [0.3, 0.4) is 0 Å². The van der Waals surface area contributed by atoms with E-state index in [1.54, 1.807) is 13.2 Å². The molecule has 1 aromatic heterocycles. The lowest BCUT2D eigenvalue weighted by Gasteiger charge is -2.03. The lowest BCUT2D eigenvalue weighted by Crippen LogP contribution is -2.20. The van der Waals surface area contributed by atoms with Gasteiger partial charge >= 0.3 is 0 Å². The standard InChI is InChI=1S/C12H16N2O2/c1-7-4-3-5-8-9(11(7)15)6-14-10(8)12(16)13-2/h6-7,14H,3-5H2,1-2H3,(H,13,16). The van der Waals surface area contributed by atoms with Crippen molar-refractivity contribution in [3.05, 3.63) is 23.0 Å². The first-order chi connectivity index (χ1) is 7.65. The third kappa shape index (κ3) is 1.64. The number of rotatable bonds is 1. The van der Waals surface area contributed by atoms with Gasteiger partial charge in [0, 0.05) is 24.7 Å². The van der Waals surface area contributed by atoms with Crippen LogP contribution in [0.1, 0.15) is 46.2 Å². The van der Waals surface area contributed by atoms with E-state index in [4.69, 9.17) is 0 Å². The molecular weight excluding hydrogens is 204 g/mol. The van der Waals surface area contributed by atoms with E-state index in [1.807, 2.05) is 6.92 Å². The molecule has 0 aromatic carbocycles. The van der Waals surface area contributed by atoms with Crippen LogP contribution in [0.2, 0.25) is 0 Å². The fraction of sp³-hybridized carbons (Fsp3) is 0.500. The normalized spacial score (nSPS) is 20.1. The third-order valence-electron chi connectivity index (χ3n) is 3.22. The van der Waals surface area contributed by atoms with Crippen molar-refractivity contribution in [1.82, 2.24) is 10.3 Å². The van der Waals surface area contributed by atoms with Crippen molar-refractivity contribution < 1.29 is 9.59 Å². The minimum Gasteiger partial charge on any atom is -0.356 e. The van der Waals surface area contributed by atoms with Crippen LogP contribution < -0.4 is 5.32 Å². The molecule has 16 heavy (non-hydrogen) atoms. The van der Waals surface area contributed by atoms with Crippen molar-refractivity contribution in [2.45, 2.75) is 26.2 Å². The van der Waals surface area contributed by atoms with Crippen LogP contribution in [0, 0.1) is 5.92 Å². The minimum atomic E-state index is -0.149. The molecule has 1 unspecified atom stereocenters. The summed E-state index contributed by atoms with van der Waals surface area (Å²) < 4.78 is 0. The molecule has 0 saturated carbocycles. The molecule has 4 nitrogen and oxygen atoms in total. The van der Waals surface area contributed by atoms with Crippen LogP contribution in [-0.2, 0) is 6.42 Å². The highest BCUT2D eigenvalue weighted by Gasteiger charge is 2.26. The average Bonchev–Trinajstić information content (AvgIpc) is 2.65. The number of carbonyl (C=O) groups is 2. The van der Waals surface area contributed by atoms with Crippen molar-refractivity contribution >= 4 is 11.7 Å². The van der Waals surface area contributed by atoms with E-state index < -0.39 is 0 Å². The molecule has 1 aliphatic rings. The zero-order valence-corrected chi connectivity index (χ0v) is 9.59. The van der Waals surface area contributed by atoms with Gasteiger partial charge in [-0.3, -0.25) is 9.59 Å². The predicted molar refractivity (Wildman–Crippen MR) is 60.6 cm³/mol. The summed E-state index contributed by atoms with van der Waals surface area (Å²) in [5, 5.41) is 2.58. The fourth-order valence-electron chi connectivity index (χ4n) is 2.24. The highest BCUT2D eigenvalue weighted by molar-refractivity contribution is 6.03. The summed E-state index contributed by atoms with van der Waals surface area (Å²) in [7, 11) is 1.59. The lowest BCUT2D eigenvalue weighted by molar-refractivity contribution is 0.0926. The molecule has 0 fully saturated rings. The Morgan fingerprint density at radius 3 is 3.00 bits per heavy atom. The van der Waals surface area contributed by atoms with Gasteiger partial charge in [0.1, 0.15) is 5.69 Å². The van der Waals surface area contributed by atoms with Gasteiger partial charge in [0.25, 0.3) is 5.91 Å². The van der Waals surface area contributed by atoms with Gasteiger partial charge in [-0.25, -0.2) is 0 Å². The van der Waals surface area contributed by atoms with E-state index in [0.29, 0.717) is 11.3 Å². The summed E-state index contributed by atoms with van der Waals surface area (Å²) in [6.45, 7) is 1.95. The van der Waals surface area contributed by atoms with Crippen LogP contribution in [0.25, 0.3) is 0 Å². The molecule has 0 bridgehead atoms. The topological polar surface area (TPSA) is 62.0 Å². The molecule has 0 aliphatic heterocycles. The van der Waals surface area contributed by atoms with Crippen molar-refractivity contribution in [2.75, 3.05) is 7.05 Å². The Bertz CT molecular complexity index is 434. The molecule has 4 heteroatoms. The lowest BCUT2D eigenvalue weighted by atomic mass is 9.99. The molecule has 1 amide bonds. The number of hydrogen-bond donors (Lipinski definition) is 2. The number of aromatic nitrogens is 1. The van der Waals surface area contributed by atoms with Gasteiger partial charge in [0.15, 0.2) is 5.78 Å². The van der Waals surface area contributed by atoms with E-state index in [1.165, 1.54) is 0 Å². The van der Waals surface area contributed by atoms with E-state index in [9.17, 15) is 9.59 Å². The Morgan fingerprint density at radius 1 is 1.56 bits per heavy atom. The summed E-state index contributed by atoms with van der Waals surface area (Å²) in [6, 6.07) is 0. The molecule has 2 N–H and O–H groups in total. The van der Waals surface area contributed by atoms with E-state index in [0.717, 1.165) is 24.8 Å². The minimum absolute atomic E-state index is 0.0644. The van der Waals surface area contributed by atoms with Gasteiger partial charge in [0.2, 0.25) is 0 Å². The summed E-state index contributed by atoms with van der Waals surface area (Å²) in [5.41, 5.74) is 2.12. The number of ketones is 1. The zero-order valence-electron chi connectivity index (χ0n) is 9.59. The van der Waals surface area contributed by atoms with Gasteiger partial charge < -0.3 is 10.3 Å².